The second kappa shape index (κ2) is 5.19. The highest BCUT2D eigenvalue weighted by Gasteiger charge is 2.25. The van der Waals surface area contributed by atoms with Crippen molar-refractivity contribution in [2.45, 2.75) is 12.5 Å². The zero-order valence-corrected chi connectivity index (χ0v) is 11.2. The quantitative estimate of drug-likeness (QED) is 0.840. The van der Waals surface area contributed by atoms with E-state index in [1.165, 1.54) is 0 Å². The predicted octanol–water partition coefficient (Wildman–Crippen LogP) is 2.50. The van der Waals surface area contributed by atoms with E-state index in [0.717, 1.165) is 17.9 Å². The van der Waals surface area contributed by atoms with Crippen molar-refractivity contribution in [1.82, 2.24) is 4.90 Å². The van der Waals surface area contributed by atoms with Crippen molar-refractivity contribution in [3.8, 4) is 0 Å². The minimum Gasteiger partial charge on any atom is -0.398 e. The Morgan fingerprint density at radius 1 is 1.59 bits per heavy atom. The van der Waals surface area contributed by atoms with Crippen LogP contribution in [-0.2, 0) is 0 Å². The van der Waals surface area contributed by atoms with E-state index in [-0.39, 0.29) is 5.91 Å². The number of carbonyl (C=O) groups is 1. The van der Waals surface area contributed by atoms with Crippen LogP contribution in [-0.4, -0.2) is 35.4 Å². The number of thioether (sulfide) groups is 1. The van der Waals surface area contributed by atoms with Crippen LogP contribution in [0, 0.1) is 0 Å². The molecule has 1 aromatic rings. The van der Waals surface area contributed by atoms with Gasteiger partial charge in [-0.25, -0.2) is 0 Å². The van der Waals surface area contributed by atoms with Crippen LogP contribution in [0.5, 0.6) is 0 Å². The number of hydrogen-bond acceptors (Lipinski definition) is 3. The third kappa shape index (κ3) is 2.69. The summed E-state index contributed by atoms with van der Waals surface area (Å²) < 4.78 is 0. The maximum Gasteiger partial charge on any atom is 0.256 e. The van der Waals surface area contributed by atoms with Crippen LogP contribution in [0.1, 0.15) is 16.8 Å². The summed E-state index contributed by atoms with van der Waals surface area (Å²) in [4.78, 5) is 14.1. The Bertz CT molecular complexity index is 433. The van der Waals surface area contributed by atoms with Crippen molar-refractivity contribution in [3.63, 3.8) is 0 Å². The molecule has 1 aliphatic rings. The van der Waals surface area contributed by atoms with E-state index in [2.05, 4.69) is 0 Å². The van der Waals surface area contributed by atoms with E-state index < -0.39 is 0 Å². The molecule has 1 aliphatic heterocycles. The number of rotatable bonds is 2. The highest BCUT2D eigenvalue weighted by molar-refractivity contribution is 7.99. The normalized spacial score (nSPS) is 19.3. The van der Waals surface area contributed by atoms with E-state index >= 15 is 0 Å². The molecule has 1 aromatic carbocycles. The number of amides is 1. The first-order valence-electron chi connectivity index (χ1n) is 5.49. The maximum absolute atomic E-state index is 12.3. The second-order valence-corrected chi connectivity index (χ2v) is 5.75. The monoisotopic (exact) mass is 270 g/mol. The molecule has 2 rings (SSSR count). The molecule has 0 saturated carbocycles. The van der Waals surface area contributed by atoms with Gasteiger partial charge in [0.1, 0.15) is 0 Å². The van der Waals surface area contributed by atoms with Crippen LogP contribution >= 0.6 is 23.4 Å². The maximum atomic E-state index is 12.3. The highest BCUT2D eigenvalue weighted by atomic mass is 35.5. The van der Waals surface area contributed by atoms with Crippen molar-refractivity contribution in [2.75, 3.05) is 24.3 Å². The van der Waals surface area contributed by atoms with Gasteiger partial charge in [-0.3, -0.25) is 4.79 Å². The fourth-order valence-corrected chi connectivity index (χ4v) is 3.34. The van der Waals surface area contributed by atoms with Crippen LogP contribution in [0.25, 0.3) is 0 Å². The molecule has 0 bridgehead atoms. The number of carbonyl (C=O) groups excluding carboxylic acids is 1. The lowest BCUT2D eigenvalue weighted by Crippen LogP contribution is -2.37. The highest BCUT2D eigenvalue weighted by Crippen LogP contribution is 2.25. The number of halogens is 1. The first-order valence-corrected chi connectivity index (χ1v) is 7.03. The molecule has 3 nitrogen and oxygen atoms in total. The summed E-state index contributed by atoms with van der Waals surface area (Å²) in [6.07, 6.45) is 1.05. The van der Waals surface area contributed by atoms with Crippen LogP contribution in [0.2, 0.25) is 5.02 Å². The van der Waals surface area contributed by atoms with E-state index in [4.69, 9.17) is 17.3 Å². The Kier molecular flexibility index (Phi) is 3.84. The summed E-state index contributed by atoms with van der Waals surface area (Å²) in [5, 5.41) is 0.539. The van der Waals surface area contributed by atoms with Crippen molar-refractivity contribution >= 4 is 35.0 Å². The number of benzene rings is 1. The Hall–Kier alpha value is -0.870. The lowest BCUT2D eigenvalue weighted by molar-refractivity contribution is 0.0749. The lowest BCUT2D eigenvalue weighted by Gasteiger charge is -2.24. The van der Waals surface area contributed by atoms with Crippen molar-refractivity contribution < 1.29 is 4.79 Å². The summed E-state index contributed by atoms with van der Waals surface area (Å²) in [5.74, 6) is 2.08. The number of hydrogen-bond donors (Lipinski definition) is 1. The van der Waals surface area contributed by atoms with Crippen LogP contribution in [0.3, 0.4) is 0 Å². The number of nitrogens with zero attached hydrogens (tertiary/aromatic N) is 1. The fourth-order valence-electron chi connectivity index (χ4n) is 1.90. The SMILES string of the molecule is CN(C(=O)c1cc(Cl)ccc1N)C1CCSC1. The van der Waals surface area contributed by atoms with E-state index in [1.807, 2.05) is 18.8 Å². The molecule has 0 spiro atoms. The Labute approximate surface area is 110 Å². The summed E-state index contributed by atoms with van der Waals surface area (Å²) in [5.41, 5.74) is 6.80. The molecular weight excluding hydrogens is 256 g/mol. The number of nitrogen functional groups attached to an aromatic ring is 1. The van der Waals surface area contributed by atoms with Gasteiger partial charge in [-0.1, -0.05) is 11.6 Å². The standard InChI is InChI=1S/C12H15ClN2OS/c1-15(9-4-5-17-7-9)12(16)10-6-8(13)2-3-11(10)14/h2-3,6,9H,4-5,7,14H2,1H3. The van der Waals surface area contributed by atoms with Crippen LogP contribution in [0.15, 0.2) is 18.2 Å². The first-order chi connectivity index (χ1) is 8.09. The summed E-state index contributed by atoms with van der Waals surface area (Å²) in [6, 6.07) is 5.31. The van der Waals surface area contributed by atoms with Crippen molar-refractivity contribution in [2.24, 2.45) is 0 Å². The molecule has 0 aliphatic carbocycles. The minimum absolute atomic E-state index is 0.0440. The summed E-state index contributed by atoms with van der Waals surface area (Å²) >= 11 is 7.77. The summed E-state index contributed by atoms with van der Waals surface area (Å²) in [7, 11) is 1.83. The van der Waals surface area contributed by atoms with E-state index in [0.29, 0.717) is 22.3 Å². The molecule has 1 fully saturated rings. The van der Waals surface area contributed by atoms with Gasteiger partial charge in [0, 0.05) is 29.6 Å². The molecular formula is C12H15ClN2OS. The molecule has 0 aromatic heterocycles. The zero-order valence-electron chi connectivity index (χ0n) is 9.65. The first kappa shape index (κ1) is 12.6. The molecule has 1 atom stereocenters. The lowest BCUT2D eigenvalue weighted by atomic mass is 10.1. The van der Waals surface area contributed by atoms with Crippen molar-refractivity contribution in [1.29, 1.82) is 0 Å². The van der Waals surface area contributed by atoms with Gasteiger partial charge in [-0.2, -0.15) is 11.8 Å². The molecule has 5 heteroatoms. The van der Waals surface area contributed by atoms with Gasteiger partial charge in [0.05, 0.1) is 5.56 Å². The smallest absolute Gasteiger partial charge is 0.256 e. The van der Waals surface area contributed by atoms with Crippen molar-refractivity contribution in [3.05, 3.63) is 28.8 Å². The predicted molar refractivity (Wildman–Crippen MR) is 73.7 cm³/mol. The number of nitrogens with two attached hydrogens (primary N) is 1. The average Bonchev–Trinajstić information content (AvgIpc) is 2.84. The summed E-state index contributed by atoms with van der Waals surface area (Å²) in [6.45, 7) is 0. The van der Waals surface area contributed by atoms with E-state index in [1.54, 1.807) is 23.1 Å². The second-order valence-electron chi connectivity index (χ2n) is 4.17. The molecule has 1 saturated heterocycles. The molecule has 92 valence electrons. The van der Waals surface area contributed by atoms with Gasteiger partial charge in [-0.05, 0) is 30.4 Å². The van der Waals surface area contributed by atoms with Crippen LogP contribution < -0.4 is 5.73 Å². The molecule has 1 amide bonds. The van der Waals surface area contributed by atoms with Gasteiger partial charge >= 0.3 is 0 Å². The van der Waals surface area contributed by atoms with Gasteiger partial charge in [0.25, 0.3) is 5.91 Å². The Balaban J connectivity index is 2.20. The molecule has 0 radical (unpaired) electrons. The number of anilines is 1. The molecule has 2 N–H and O–H groups in total. The topological polar surface area (TPSA) is 46.3 Å². The van der Waals surface area contributed by atoms with Crippen LogP contribution in [0.4, 0.5) is 5.69 Å². The van der Waals surface area contributed by atoms with E-state index in [9.17, 15) is 4.79 Å². The fraction of sp³-hybridized carbons (Fsp3) is 0.417. The largest absolute Gasteiger partial charge is 0.398 e. The molecule has 17 heavy (non-hydrogen) atoms. The molecule has 1 unspecified atom stereocenters. The molecule has 1 heterocycles. The zero-order chi connectivity index (χ0) is 12.4. The third-order valence-corrected chi connectivity index (χ3v) is 4.40. The Morgan fingerprint density at radius 3 is 3.00 bits per heavy atom. The Morgan fingerprint density at radius 2 is 2.35 bits per heavy atom. The van der Waals surface area contributed by atoms with Gasteiger partial charge in [0.2, 0.25) is 0 Å². The average molecular weight is 271 g/mol. The minimum atomic E-state index is -0.0440. The van der Waals surface area contributed by atoms with Gasteiger partial charge in [-0.15, -0.1) is 0 Å². The van der Waals surface area contributed by atoms with Gasteiger partial charge in [0.15, 0.2) is 0 Å². The van der Waals surface area contributed by atoms with Gasteiger partial charge < -0.3 is 10.6 Å². The third-order valence-electron chi connectivity index (χ3n) is 3.02.